The largest absolute Gasteiger partial charge is 0.449 e. The molecule has 2 aliphatic rings. The van der Waals surface area contributed by atoms with Gasteiger partial charge in [0.25, 0.3) is 5.91 Å². The summed E-state index contributed by atoms with van der Waals surface area (Å²) in [7, 11) is 0. The Bertz CT molecular complexity index is 1500. The Hall–Kier alpha value is -3.51. The molecular weight excluding hydrogens is 450 g/mol. The molecule has 3 heterocycles. The standard InChI is InChI=1S/C30H31N3O3/c1-3-32-17-16-25-23(18-32)28(22-12-4-7-13-24(22)31-25)30(35)36-19(2)29(34)33-26-14-8-5-10-20(26)21-11-6-9-15-27(21)33/h4-5,7-8,10,12-14,19H,3,6,9,11,15-18H2,1-2H3. The summed E-state index contributed by atoms with van der Waals surface area (Å²) in [6, 6.07) is 15.8. The zero-order chi connectivity index (χ0) is 24.8. The van der Waals surface area contributed by atoms with Crippen LogP contribution in [0.3, 0.4) is 0 Å². The van der Waals surface area contributed by atoms with Gasteiger partial charge in [0.2, 0.25) is 0 Å². The topological polar surface area (TPSA) is 64.4 Å². The van der Waals surface area contributed by atoms with Gasteiger partial charge < -0.3 is 4.74 Å². The number of carbonyl (C=O) groups excluding carboxylic acids is 2. The van der Waals surface area contributed by atoms with Crippen molar-refractivity contribution < 1.29 is 14.3 Å². The van der Waals surface area contributed by atoms with Gasteiger partial charge in [-0.1, -0.05) is 43.3 Å². The predicted octanol–water partition coefficient (Wildman–Crippen LogP) is 5.33. The first kappa shape index (κ1) is 22.9. The van der Waals surface area contributed by atoms with Crippen LogP contribution in [0.2, 0.25) is 0 Å². The van der Waals surface area contributed by atoms with Gasteiger partial charge in [0.1, 0.15) is 0 Å². The second kappa shape index (κ2) is 9.17. The fourth-order valence-electron chi connectivity index (χ4n) is 5.95. The van der Waals surface area contributed by atoms with Crippen molar-refractivity contribution >= 4 is 33.7 Å². The number of rotatable bonds is 4. The molecule has 0 spiro atoms. The molecule has 6 nitrogen and oxygen atoms in total. The Labute approximate surface area is 210 Å². The molecule has 2 aromatic carbocycles. The van der Waals surface area contributed by atoms with Crippen LogP contribution in [0.15, 0.2) is 48.5 Å². The van der Waals surface area contributed by atoms with Gasteiger partial charge >= 0.3 is 5.97 Å². The van der Waals surface area contributed by atoms with E-state index in [0.717, 1.165) is 84.0 Å². The molecule has 0 bridgehead atoms. The van der Waals surface area contributed by atoms with Gasteiger partial charge in [0.05, 0.1) is 16.6 Å². The van der Waals surface area contributed by atoms with E-state index in [2.05, 4.69) is 17.9 Å². The van der Waals surface area contributed by atoms with Crippen LogP contribution in [0.25, 0.3) is 21.8 Å². The molecule has 6 heteroatoms. The van der Waals surface area contributed by atoms with Crippen molar-refractivity contribution in [2.75, 3.05) is 13.1 Å². The zero-order valence-corrected chi connectivity index (χ0v) is 20.9. The second-order valence-corrected chi connectivity index (χ2v) is 9.92. The van der Waals surface area contributed by atoms with E-state index in [1.165, 1.54) is 5.56 Å². The number of aromatic nitrogens is 2. The Kier molecular flexibility index (Phi) is 5.84. The lowest BCUT2D eigenvalue weighted by molar-refractivity contribution is 0.0284. The zero-order valence-electron chi connectivity index (χ0n) is 20.9. The van der Waals surface area contributed by atoms with Crippen molar-refractivity contribution in [3.63, 3.8) is 0 Å². The molecule has 0 radical (unpaired) electrons. The minimum absolute atomic E-state index is 0.190. The molecule has 2 aromatic heterocycles. The van der Waals surface area contributed by atoms with Crippen molar-refractivity contribution in [1.29, 1.82) is 0 Å². The lowest BCUT2D eigenvalue weighted by Crippen LogP contribution is -2.34. The maximum atomic E-state index is 13.8. The first-order valence-corrected chi connectivity index (χ1v) is 13.1. The summed E-state index contributed by atoms with van der Waals surface area (Å²) >= 11 is 0. The molecule has 0 saturated heterocycles. The van der Waals surface area contributed by atoms with Crippen LogP contribution >= 0.6 is 0 Å². The number of hydrogen-bond donors (Lipinski definition) is 0. The number of ether oxygens (including phenoxy) is 1. The average molecular weight is 482 g/mol. The number of carbonyl (C=O) groups is 2. The number of fused-ring (bicyclic) bond motifs is 5. The predicted molar refractivity (Wildman–Crippen MR) is 140 cm³/mol. The lowest BCUT2D eigenvalue weighted by atomic mass is 9.95. The van der Waals surface area contributed by atoms with Crippen LogP contribution in [0.5, 0.6) is 0 Å². The number of nitrogens with zero attached hydrogens (tertiary/aromatic N) is 3. The summed E-state index contributed by atoms with van der Waals surface area (Å²) in [4.78, 5) is 34.7. The molecule has 1 atom stereocenters. The van der Waals surface area contributed by atoms with Gasteiger partial charge in [-0.15, -0.1) is 0 Å². The highest BCUT2D eigenvalue weighted by Crippen LogP contribution is 2.33. The van der Waals surface area contributed by atoms with Crippen LogP contribution in [0, 0.1) is 0 Å². The first-order chi connectivity index (χ1) is 17.6. The Morgan fingerprint density at radius 1 is 0.972 bits per heavy atom. The number of likely N-dealkylation sites (N-methyl/N-ethyl adjacent to an activating group) is 1. The van der Waals surface area contributed by atoms with E-state index in [0.29, 0.717) is 12.1 Å². The molecule has 1 aliphatic carbocycles. The SMILES string of the molecule is CCN1CCc2nc3ccccc3c(C(=O)OC(C)C(=O)n3c4c(c5ccccc53)CCCC4)c2C1. The number of para-hydroxylation sites is 2. The number of aryl methyl sites for hydroxylation is 1. The van der Waals surface area contributed by atoms with E-state index in [4.69, 9.17) is 9.72 Å². The van der Waals surface area contributed by atoms with Crippen LogP contribution in [-0.4, -0.2) is 45.5 Å². The highest BCUT2D eigenvalue weighted by molar-refractivity contribution is 6.06. The van der Waals surface area contributed by atoms with E-state index >= 15 is 0 Å². The third-order valence-corrected chi connectivity index (χ3v) is 7.81. The van der Waals surface area contributed by atoms with Crippen molar-refractivity contribution in [3.05, 3.63) is 76.6 Å². The number of benzene rings is 2. The highest BCUT2D eigenvalue weighted by Gasteiger charge is 2.31. The maximum Gasteiger partial charge on any atom is 0.339 e. The monoisotopic (exact) mass is 481 g/mol. The fourth-order valence-corrected chi connectivity index (χ4v) is 5.95. The minimum atomic E-state index is -0.909. The van der Waals surface area contributed by atoms with Crippen molar-refractivity contribution in [3.8, 4) is 0 Å². The van der Waals surface area contributed by atoms with Gasteiger partial charge in [-0.3, -0.25) is 19.2 Å². The van der Waals surface area contributed by atoms with Crippen LogP contribution < -0.4 is 0 Å². The average Bonchev–Trinajstić information content (AvgIpc) is 3.25. The van der Waals surface area contributed by atoms with Crippen molar-refractivity contribution in [2.45, 2.75) is 58.6 Å². The molecule has 1 unspecified atom stereocenters. The lowest BCUT2D eigenvalue weighted by Gasteiger charge is -2.29. The van der Waals surface area contributed by atoms with E-state index in [1.54, 1.807) is 11.5 Å². The van der Waals surface area contributed by atoms with Gasteiger partial charge in [0.15, 0.2) is 6.10 Å². The fraction of sp³-hybridized carbons (Fsp3) is 0.367. The third kappa shape index (κ3) is 3.71. The Balaban J connectivity index is 1.37. The van der Waals surface area contributed by atoms with Crippen molar-refractivity contribution in [1.82, 2.24) is 14.5 Å². The van der Waals surface area contributed by atoms with Crippen LogP contribution in [-0.2, 0) is 30.5 Å². The normalized spacial score (nSPS) is 16.5. The van der Waals surface area contributed by atoms with E-state index < -0.39 is 12.1 Å². The molecular formula is C30H31N3O3. The summed E-state index contributed by atoms with van der Waals surface area (Å²) in [6.45, 7) is 6.30. The first-order valence-electron chi connectivity index (χ1n) is 13.1. The van der Waals surface area contributed by atoms with Crippen molar-refractivity contribution in [2.24, 2.45) is 0 Å². The molecule has 0 N–H and O–H groups in total. The molecule has 36 heavy (non-hydrogen) atoms. The van der Waals surface area contributed by atoms with E-state index in [9.17, 15) is 9.59 Å². The Morgan fingerprint density at radius 2 is 1.72 bits per heavy atom. The maximum absolute atomic E-state index is 13.8. The summed E-state index contributed by atoms with van der Waals surface area (Å²) in [5, 5.41) is 1.91. The molecule has 0 saturated carbocycles. The summed E-state index contributed by atoms with van der Waals surface area (Å²) in [6.07, 6.45) is 3.93. The molecule has 0 fully saturated rings. The Morgan fingerprint density at radius 3 is 2.56 bits per heavy atom. The smallest absolute Gasteiger partial charge is 0.339 e. The molecule has 4 aromatic rings. The van der Waals surface area contributed by atoms with Gasteiger partial charge in [-0.25, -0.2) is 4.79 Å². The van der Waals surface area contributed by atoms with Gasteiger partial charge in [0, 0.05) is 47.2 Å². The van der Waals surface area contributed by atoms with Crippen LogP contribution in [0.1, 0.15) is 64.4 Å². The summed E-state index contributed by atoms with van der Waals surface area (Å²) < 4.78 is 7.76. The number of hydrogen-bond acceptors (Lipinski definition) is 5. The van der Waals surface area contributed by atoms with Gasteiger partial charge in [-0.2, -0.15) is 0 Å². The summed E-state index contributed by atoms with van der Waals surface area (Å²) in [5.74, 6) is -0.640. The molecule has 1 aliphatic heterocycles. The van der Waals surface area contributed by atoms with E-state index in [-0.39, 0.29) is 5.91 Å². The molecule has 6 rings (SSSR count). The highest BCUT2D eigenvalue weighted by atomic mass is 16.5. The minimum Gasteiger partial charge on any atom is -0.449 e. The van der Waals surface area contributed by atoms with Crippen LogP contribution in [0.4, 0.5) is 0 Å². The quantitative estimate of drug-likeness (QED) is 0.369. The summed E-state index contributed by atoms with van der Waals surface area (Å²) in [5.41, 5.74) is 6.45. The number of esters is 1. The van der Waals surface area contributed by atoms with Gasteiger partial charge in [-0.05, 0) is 56.8 Å². The third-order valence-electron chi connectivity index (χ3n) is 7.81. The second-order valence-electron chi connectivity index (χ2n) is 9.92. The van der Waals surface area contributed by atoms with E-state index in [1.807, 2.05) is 42.5 Å². The molecule has 0 amide bonds. The molecule has 184 valence electrons. The number of pyridine rings is 1.